The number of H-pyrrole nitrogens is 1. The summed E-state index contributed by atoms with van der Waals surface area (Å²) in [6.45, 7) is 2.14. The van der Waals surface area contributed by atoms with Gasteiger partial charge in [-0.25, -0.2) is 0 Å². The number of hydrogen-bond acceptors (Lipinski definition) is 2. The first-order chi connectivity index (χ1) is 17.3. The van der Waals surface area contributed by atoms with E-state index in [0.29, 0.717) is 6.54 Å². The standard InChI is InChI=1S/C29H28F3N3O/c1-34-15-12-26(13-16-34)35(28(36)21-5-8-25(9-6-21)29(30,31)32)19-20-3-2-4-22(17-20)23-7-10-27-24(18-23)11-14-33-27/h2-11,14,17-18,26,33H,12-13,15-16,19H2,1H3. The van der Waals surface area contributed by atoms with Crippen molar-refractivity contribution in [3.8, 4) is 11.1 Å². The van der Waals surface area contributed by atoms with Crippen LogP contribution in [0.4, 0.5) is 13.2 Å². The molecule has 1 aliphatic rings. The van der Waals surface area contributed by atoms with Crippen LogP contribution in [0.1, 0.15) is 34.3 Å². The molecule has 1 fully saturated rings. The van der Waals surface area contributed by atoms with E-state index < -0.39 is 11.7 Å². The van der Waals surface area contributed by atoms with Crippen molar-refractivity contribution >= 4 is 16.8 Å². The number of fused-ring (bicyclic) bond motifs is 1. The van der Waals surface area contributed by atoms with Gasteiger partial charge in [-0.05, 0) is 104 Å². The van der Waals surface area contributed by atoms with Crippen LogP contribution in [0.5, 0.6) is 0 Å². The highest BCUT2D eigenvalue weighted by molar-refractivity contribution is 5.94. The van der Waals surface area contributed by atoms with Crippen LogP contribution < -0.4 is 0 Å². The Balaban J connectivity index is 1.43. The Hall–Kier alpha value is -3.58. The van der Waals surface area contributed by atoms with Crippen LogP contribution in [-0.4, -0.2) is 46.9 Å². The van der Waals surface area contributed by atoms with E-state index >= 15 is 0 Å². The Morgan fingerprint density at radius 2 is 1.69 bits per heavy atom. The number of nitrogens with one attached hydrogen (secondary N) is 1. The lowest BCUT2D eigenvalue weighted by Gasteiger charge is -2.37. The fourth-order valence-corrected chi connectivity index (χ4v) is 4.92. The zero-order valence-corrected chi connectivity index (χ0v) is 20.1. The van der Waals surface area contributed by atoms with Crippen molar-refractivity contribution < 1.29 is 18.0 Å². The molecule has 4 aromatic rings. The number of likely N-dealkylation sites (tertiary alicyclic amines) is 1. The highest BCUT2D eigenvalue weighted by Crippen LogP contribution is 2.30. The Bertz CT molecular complexity index is 1350. The summed E-state index contributed by atoms with van der Waals surface area (Å²) in [5.41, 5.74) is 3.73. The molecular formula is C29H28F3N3O. The van der Waals surface area contributed by atoms with Gasteiger partial charge in [0.05, 0.1) is 5.56 Å². The molecule has 5 rings (SSSR count). The molecule has 1 saturated heterocycles. The first-order valence-electron chi connectivity index (χ1n) is 12.1. The van der Waals surface area contributed by atoms with E-state index in [4.69, 9.17) is 0 Å². The molecule has 0 radical (unpaired) electrons. The molecule has 0 aliphatic carbocycles. The summed E-state index contributed by atoms with van der Waals surface area (Å²) in [4.78, 5) is 20.9. The largest absolute Gasteiger partial charge is 0.416 e. The van der Waals surface area contributed by atoms with Crippen LogP contribution in [-0.2, 0) is 12.7 Å². The quantitative estimate of drug-likeness (QED) is 0.342. The van der Waals surface area contributed by atoms with Crippen LogP contribution in [0, 0.1) is 0 Å². The highest BCUT2D eigenvalue weighted by atomic mass is 19.4. The summed E-state index contributed by atoms with van der Waals surface area (Å²) >= 11 is 0. The van der Waals surface area contributed by atoms with Crippen molar-refractivity contribution in [1.29, 1.82) is 0 Å². The normalized spacial score (nSPS) is 15.3. The summed E-state index contributed by atoms with van der Waals surface area (Å²) in [6, 6.07) is 21.0. The van der Waals surface area contributed by atoms with Gasteiger partial charge in [0.25, 0.3) is 5.91 Å². The molecule has 0 spiro atoms. The van der Waals surface area contributed by atoms with Crippen molar-refractivity contribution in [2.24, 2.45) is 0 Å². The fourth-order valence-electron chi connectivity index (χ4n) is 4.92. The Labute approximate surface area is 208 Å². The van der Waals surface area contributed by atoms with Gasteiger partial charge in [-0.1, -0.05) is 24.3 Å². The fraction of sp³-hybridized carbons (Fsp3) is 0.276. The van der Waals surface area contributed by atoms with Gasteiger partial charge in [-0.15, -0.1) is 0 Å². The van der Waals surface area contributed by atoms with Gasteiger partial charge in [-0.2, -0.15) is 13.2 Å². The zero-order valence-electron chi connectivity index (χ0n) is 20.1. The number of aromatic amines is 1. The SMILES string of the molecule is CN1CCC(N(Cc2cccc(-c3ccc4[nH]ccc4c3)c2)C(=O)c2ccc(C(F)(F)F)cc2)CC1. The molecule has 3 aromatic carbocycles. The Morgan fingerprint density at radius 3 is 2.42 bits per heavy atom. The van der Waals surface area contributed by atoms with Crippen molar-refractivity contribution in [2.75, 3.05) is 20.1 Å². The maximum absolute atomic E-state index is 13.6. The summed E-state index contributed by atoms with van der Waals surface area (Å²) < 4.78 is 39.1. The monoisotopic (exact) mass is 491 g/mol. The molecule has 36 heavy (non-hydrogen) atoms. The molecule has 0 unspecified atom stereocenters. The number of amides is 1. The number of halogens is 3. The minimum absolute atomic E-state index is 0.0239. The van der Waals surface area contributed by atoms with Gasteiger partial charge in [0.2, 0.25) is 0 Å². The van der Waals surface area contributed by atoms with Crippen molar-refractivity contribution in [1.82, 2.24) is 14.8 Å². The smallest absolute Gasteiger partial charge is 0.361 e. The number of carbonyl (C=O) groups excluding carboxylic acids is 1. The van der Waals surface area contributed by atoms with Crippen LogP contribution in [0.2, 0.25) is 0 Å². The summed E-state index contributed by atoms with van der Waals surface area (Å²) in [5, 5.41) is 1.13. The van der Waals surface area contributed by atoms with Gasteiger partial charge in [0.1, 0.15) is 0 Å². The van der Waals surface area contributed by atoms with E-state index in [-0.39, 0.29) is 17.5 Å². The molecule has 7 heteroatoms. The minimum atomic E-state index is -4.43. The molecule has 1 N–H and O–H groups in total. The second kappa shape index (κ2) is 9.82. The predicted molar refractivity (Wildman–Crippen MR) is 136 cm³/mol. The number of alkyl halides is 3. The first-order valence-corrected chi connectivity index (χ1v) is 12.1. The van der Waals surface area contributed by atoms with E-state index in [1.807, 2.05) is 29.3 Å². The van der Waals surface area contributed by atoms with Crippen molar-refractivity contribution in [3.05, 3.63) is 95.7 Å². The van der Waals surface area contributed by atoms with E-state index in [9.17, 15) is 18.0 Å². The van der Waals surface area contributed by atoms with Gasteiger partial charge in [0.15, 0.2) is 0 Å². The maximum atomic E-state index is 13.6. The molecule has 0 atom stereocenters. The van der Waals surface area contributed by atoms with Crippen LogP contribution in [0.25, 0.3) is 22.0 Å². The number of aromatic nitrogens is 1. The number of hydrogen-bond donors (Lipinski definition) is 1. The van der Waals surface area contributed by atoms with Gasteiger partial charge < -0.3 is 14.8 Å². The topological polar surface area (TPSA) is 39.3 Å². The Morgan fingerprint density at radius 1 is 0.972 bits per heavy atom. The van der Waals surface area contributed by atoms with Crippen LogP contribution in [0.3, 0.4) is 0 Å². The average molecular weight is 492 g/mol. The molecule has 1 aliphatic heterocycles. The van der Waals surface area contributed by atoms with E-state index in [2.05, 4.69) is 47.3 Å². The molecule has 1 amide bonds. The number of piperidine rings is 1. The van der Waals surface area contributed by atoms with Crippen LogP contribution in [0.15, 0.2) is 79.0 Å². The van der Waals surface area contributed by atoms with E-state index in [1.165, 1.54) is 12.1 Å². The predicted octanol–water partition coefficient (Wildman–Crippen LogP) is 6.59. The summed E-state index contributed by atoms with van der Waals surface area (Å²) in [5.74, 6) is -0.238. The minimum Gasteiger partial charge on any atom is -0.361 e. The average Bonchev–Trinajstić information content (AvgIpc) is 3.35. The second-order valence-corrected chi connectivity index (χ2v) is 9.52. The van der Waals surface area contributed by atoms with Gasteiger partial charge in [-0.3, -0.25) is 4.79 Å². The third-order valence-electron chi connectivity index (χ3n) is 7.02. The third-order valence-corrected chi connectivity index (χ3v) is 7.02. The van der Waals surface area contributed by atoms with Crippen LogP contribution >= 0.6 is 0 Å². The number of nitrogens with zero attached hydrogens (tertiary/aromatic N) is 2. The molecule has 1 aromatic heterocycles. The van der Waals surface area contributed by atoms with Crippen molar-refractivity contribution in [2.45, 2.75) is 31.6 Å². The lowest BCUT2D eigenvalue weighted by Crippen LogP contribution is -2.46. The number of carbonyl (C=O) groups is 1. The molecule has 186 valence electrons. The summed E-state index contributed by atoms with van der Waals surface area (Å²) in [7, 11) is 2.06. The van der Waals surface area contributed by atoms with Gasteiger partial charge >= 0.3 is 6.18 Å². The molecular weight excluding hydrogens is 463 g/mol. The lowest BCUT2D eigenvalue weighted by molar-refractivity contribution is -0.137. The second-order valence-electron chi connectivity index (χ2n) is 9.52. The van der Waals surface area contributed by atoms with Gasteiger partial charge in [0, 0.05) is 29.9 Å². The first kappa shape index (κ1) is 24.1. The Kier molecular flexibility index (Phi) is 6.58. The van der Waals surface area contributed by atoms with Crippen molar-refractivity contribution in [3.63, 3.8) is 0 Å². The lowest BCUT2D eigenvalue weighted by atomic mass is 9.99. The molecule has 2 heterocycles. The number of benzene rings is 3. The molecule has 0 bridgehead atoms. The molecule has 4 nitrogen and oxygen atoms in total. The third kappa shape index (κ3) is 5.16. The number of rotatable bonds is 5. The molecule has 0 saturated carbocycles. The highest BCUT2D eigenvalue weighted by Gasteiger charge is 2.32. The zero-order chi connectivity index (χ0) is 25.3. The maximum Gasteiger partial charge on any atom is 0.416 e. The van der Waals surface area contributed by atoms with E-state index in [0.717, 1.165) is 65.7 Å². The van der Waals surface area contributed by atoms with E-state index in [1.54, 1.807) is 0 Å². The summed E-state index contributed by atoms with van der Waals surface area (Å²) in [6.07, 6.45) is -0.865.